The number of ether oxygens (including phenoxy) is 1. The number of carbonyl (C=O) groups is 1. The Morgan fingerprint density at radius 2 is 2.07 bits per heavy atom. The van der Waals surface area contributed by atoms with Crippen molar-refractivity contribution in [3.63, 3.8) is 0 Å². The number of alkyl halides is 2. The zero-order chi connectivity index (χ0) is 10.9. The second kappa shape index (κ2) is 3.71. The molecule has 1 rings (SSSR count). The van der Waals surface area contributed by atoms with Gasteiger partial charge in [0.05, 0.1) is 0 Å². The Bertz CT molecular complexity index is 225. The van der Waals surface area contributed by atoms with Gasteiger partial charge in [-0.3, -0.25) is 0 Å². The van der Waals surface area contributed by atoms with E-state index in [1.165, 1.54) is 0 Å². The Hall–Kier alpha value is -0.870. The molecular weight excluding hydrogens is 192 g/mol. The first-order valence-electron chi connectivity index (χ1n) is 4.57. The van der Waals surface area contributed by atoms with Crippen molar-refractivity contribution in [2.24, 2.45) is 5.92 Å². The highest BCUT2D eigenvalue weighted by atomic mass is 19.3. The van der Waals surface area contributed by atoms with Crippen LogP contribution in [0, 0.1) is 5.92 Å². The summed E-state index contributed by atoms with van der Waals surface area (Å²) in [5.41, 5.74) is -0.584. The number of alkyl carbamates (subject to hydrolysis) is 1. The van der Waals surface area contributed by atoms with Crippen molar-refractivity contribution in [1.82, 2.24) is 5.32 Å². The summed E-state index contributed by atoms with van der Waals surface area (Å²) in [4.78, 5) is 11.1. The van der Waals surface area contributed by atoms with Crippen molar-refractivity contribution in [2.45, 2.75) is 45.3 Å². The Kier molecular flexibility index (Phi) is 2.97. The van der Waals surface area contributed by atoms with Crippen LogP contribution in [0.3, 0.4) is 0 Å². The van der Waals surface area contributed by atoms with Crippen molar-refractivity contribution >= 4 is 6.09 Å². The molecule has 0 aromatic heterocycles. The fourth-order valence-electron chi connectivity index (χ4n) is 1.12. The van der Waals surface area contributed by atoms with Crippen LogP contribution in [0.5, 0.6) is 0 Å². The molecule has 1 saturated carbocycles. The lowest BCUT2D eigenvalue weighted by molar-refractivity contribution is 0.0509. The molecule has 1 N–H and O–H groups in total. The number of rotatable bonds is 2. The fraction of sp³-hybridized carbons (Fsp3) is 0.889. The van der Waals surface area contributed by atoms with Gasteiger partial charge in [0.1, 0.15) is 5.60 Å². The summed E-state index contributed by atoms with van der Waals surface area (Å²) in [5.74, 6) is -0.692. The average molecular weight is 207 g/mol. The highest BCUT2D eigenvalue weighted by Gasteiger charge is 2.45. The third-order valence-electron chi connectivity index (χ3n) is 1.87. The zero-order valence-corrected chi connectivity index (χ0v) is 8.51. The van der Waals surface area contributed by atoms with Crippen molar-refractivity contribution in [1.29, 1.82) is 0 Å². The van der Waals surface area contributed by atoms with Crippen molar-refractivity contribution in [3.05, 3.63) is 0 Å². The van der Waals surface area contributed by atoms with Gasteiger partial charge in [0.2, 0.25) is 6.43 Å². The summed E-state index contributed by atoms with van der Waals surface area (Å²) in [6, 6.07) is -0.412. The summed E-state index contributed by atoms with van der Waals surface area (Å²) in [6.45, 7) is 5.18. The van der Waals surface area contributed by atoms with Crippen LogP contribution in [0.4, 0.5) is 13.6 Å². The highest BCUT2D eigenvalue weighted by Crippen LogP contribution is 2.36. The van der Waals surface area contributed by atoms with Crippen LogP contribution < -0.4 is 5.32 Å². The molecule has 3 nitrogen and oxygen atoms in total. The van der Waals surface area contributed by atoms with Crippen molar-refractivity contribution in [2.75, 3.05) is 0 Å². The molecule has 1 fully saturated rings. The molecule has 14 heavy (non-hydrogen) atoms. The number of carbonyl (C=O) groups excluding carboxylic acids is 1. The van der Waals surface area contributed by atoms with E-state index in [1.54, 1.807) is 20.8 Å². The van der Waals surface area contributed by atoms with E-state index in [-0.39, 0.29) is 0 Å². The van der Waals surface area contributed by atoms with Gasteiger partial charge in [0.25, 0.3) is 0 Å². The maximum absolute atomic E-state index is 12.1. The first-order valence-corrected chi connectivity index (χ1v) is 4.57. The second-order valence-electron chi connectivity index (χ2n) is 4.49. The molecule has 0 radical (unpaired) electrons. The average Bonchev–Trinajstić information content (AvgIpc) is 2.61. The summed E-state index contributed by atoms with van der Waals surface area (Å²) < 4.78 is 29.1. The third kappa shape index (κ3) is 3.47. The molecule has 1 aliphatic carbocycles. The molecule has 5 heteroatoms. The smallest absolute Gasteiger partial charge is 0.407 e. The lowest BCUT2D eigenvalue weighted by Crippen LogP contribution is -2.34. The Labute approximate surface area is 81.8 Å². The Morgan fingerprint density at radius 1 is 1.50 bits per heavy atom. The summed E-state index contributed by atoms with van der Waals surface area (Å²) in [7, 11) is 0. The summed E-state index contributed by atoms with van der Waals surface area (Å²) >= 11 is 0. The normalized spacial score (nSPS) is 26.1. The van der Waals surface area contributed by atoms with Crippen molar-refractivity contribution < 1.29 is 18.3 Å². The minimum absolute atomic E-state index is 0.344. The van der Waals surface area contributed by atoms with Gasteiger partial charge in [0.15, 0.2) is 0 Å². The number of amides is 1. The maximum Gasteiger partial charge on any atom is 0.407 e. The number of hydrogen-bond acceptors (Lipinski definition) is 2. The molecule has 1 amide bonds. The molecule has 1 aliphatic rings. The quantitative estimate of drug-likeness (QED) is 0.753. The molecule has 0 unspecified atom stereocenters. The van der Waals surface area contributed by atoms with Crippen LogP contribution >= 0.6 is 0 Å². The third-order valence-corrected chi connectivity index (χ3v) is 1.87. The molecule has 0 saturated heterocycles. The van der Waals surface area contributed by atoms with Gasteiger partial charge in [-0.25, -0.2) is 13.6 Å². The van der Waals surface area contributed by atoms with E-state index in [9.17, 15) is 13.6 Å². The van der Waals surface area contributed by atoms with Gasteiger partial charge in [-0.15, -0.1) is 0 Å². The number of hydrogen-bond donors (Lipinski definition) is 1. The van der Waals surface area contributed by atoms with Gasteiger partial charge < -0.3 is 10.1 Å². The predicted octanol–water partition coefficient (Wildman–Crippen LogP) is 2.16. The van der Waals surface area contributed by atoms with Gasteiger partial charge in [-0.05, 0) is 27.2 Å². The first-order chi connectivity index (χ1) is 6.29. The number of halogens is 2. The topological polar surface area (TPSA) is 38.3 Å². The van der Waals surface area contributed by atoms with Crippen LogP contribution in [0.1, 0.15) is 27.2 Å². The Morgan fingerprint density at radius 3 is 2.43 bits per heavy atom. The standard InChI is InChI=1S/C9H15F2NO2/c1-9(2,3)14-8(13)12-6-4-5(6)7(10)11/h5-7H,4H2,1-3H3,(H,12,13)/t5-,6+/m0/s1. The van der Waals surface area contributed by atoms with Gasteiger partial charge in [-0.1, -0.05) is 0 Å². The Balaban J connectivity index is 2.24. The van der Waals surface area contributed by atoms with E-state index in [0.717, 1.165) is 0 Å². The second-order valence-corrected chi connectivity index (χ2v) is 4.49. The van der Waals surface area contributed by atoms with E-state index in [2.05, 4.69) is 5.32 Å². The van der Waals surface area contributed by atoms with Crippen LogP contribution in [-0.4, -0.2) is 24.2 Å². The van der Waals surface area contributed by atoms with Crippen LogP contribution in [-0.2, 0) is 4.74 Å². The molecule has 0 aromatic carbocycles. The lowest BCUT2D eigenvalue weighted by atomic mass is 10.2. The molecule has 2 atom stereocenters. The maximum atomic E-state index is 12.1. The van der Waals surface area contributed by atoms with Crippen molar-refractivity contribution in [3.8, 4) is 0 Å². The summed E-state index contributed by atoms with van der Waals surface area (Å²) in [5, 5.41) is 2.40. The first kappa shape index (κ1) is 11.2. The van der Waals surface area contributed by atoms with Gasteiger partial charge >= 0.3 is 6.09 Å². The van der Waals surface area contributed by atoms with Crippen LogP contribution in [0.25, 0.3) is 0 Å². The van der Waals surface area contributed by atoms with Gasteiger partial charge in [0, 0.05) is 12.0 Å². The fourth-order valence-corrected chi connectivity index (χ4v) is 1.12. The summed E-state index contributed by atoms with van der Waals surface area (Å²) in [6.07, 6.45) is -2.63. The largest absolute Gasteiger partial charge is 0.444 e. The molecule has 0 bridgehead atoms. The van der Waals surface area contributed by atoms with E-state index in [1.807, 2.05) is 0 Å². The zero-order valence-electron chi connectivity index (χ0n) is 8.51. The monoisotopic (exact) mass is 207 g/mol. The number of nitrogens with one attached hydrogen (secondary N) is 1. The molecule has 0 heterocycles. The van der Waals surface area contributed by atoms with E-state index in [0.29, 0.717) is 6.42 Å². The lowest BCUT2D eigenvalue weighted by Gasteiger charge is -2.19. The van der Waals surface area contributed by atoms with Crippen LogP contribution in [0.15, 0.2) is 0 Å². The molecule has 0 aliphatic heterocycles. The molecule has 0 spiro atoms. The van der Waals surface area contributed by atoms with Gasteiger partial charge in [-0.2, -0.15) is 0 Å². The van der Waals surface area contributed by atoms with E-state index >= 15 is 0 Å². The van der Waals surface area contributed by atoms with E-state index in [4.69, 9.17) is 4.74 Å². The van der Waals surface area contributed by atoms with Crippen LogP contribution in [0.2, 0.25) is 0 Å². The highest BCUT2D eigenvalue weighted by molar-refractivity contribution is 5.68. The van der Waals surface area contributed by atoms with E-state index < -0.39 is 30.1 Å². The molecule has 0 aromatic rings. The SMILES string of the molecule is CC(C)(C)OC(=O)N[C@@H]1C[C@@H]1C(F)F. The minimum Gasteiger partial charge on any atom is -0.444 e. The molecule has 82 valence electrons. The minimum atomic E-state index is -2.35. The predicted molar refractivity (Wildman–Crippen MR) is 47.3 cm³/mol. The molecular formula is C9H15F2NO2.